The second-order valence-electron chi connectivity index (χ2n) is 16.3. The standard InChI is InChI=1S/C38H52N4O4/c1-37-14-13-29-27(28(37)11-12-34(37)44)10-9-26-21-33(43)32(22-38(26,29)2)40-16-18-41(19-17-40)36(46)31-8-5-15-42(31)35(45)25-20-24-6-3-4-7-30(24)39-23-25/h3-4,6-7,20,23,26-29,31-34,43-44H,5,8-19,21-22H2,1-2H3/t26-,27?,28?,29?,31-,32-,33-,34-,37-,38-/m0/s1. The largest absolute Gasteiger partial charge is 0.393 e. The number of rotatable bonds is 3. The van der Waals surface area contributed by atoms with Crippen LogP contribution in [-0.2, 0) is 4.79 Å². The van der Waals surface area contributed by atoms with Gasteiger partial charge in [0.2, 0.25) is 5.91 Å². The lowest BCUT2D eigenvalue weighted by Crippen LogP contribution is -2.62. The molecule has 6 aliphatic rings. The molecule has 1 aromatic carbocycles. The maximum absolute atomic E-state index is 13.9. The Morgan fingerprint density at radius 1 is 0.891 bits per heavy atom. The van der Waals surface area contributed by atoms with Crippen molar-refractivity contribution in [3.63, 3.8) is 0 Å². The average molecular weight is 629 g/mol. The van der Waals surface area contributed by atoms with Crippen LogP contribution in [0.4, 0.5) is 0 Å². The highest BCUT2D eigenvalue weighted by molar-refractivity contribution is 6.00. The van der Waals surface area contributed by atoms with Crippen LogP contribution < -0.4 is 0 Å². The van der Waals surface area contributed by atoms with Gasteiger partial charge >= 0.3 is 0 Å². The van der Waals surface area contributed by atoms with Crippen LogP contribution in [0.25, 0.3) is 10.9 Å². The number of benzene rings is 1. The summed E-state index contributed by atoms with van der Waals surface area (Å²) in [6.45, 7) is 8.31. The van der Waals surface area contributed by atoms with Gasteiger partial charge in [0.25, 0.3) is 5.91 Å². The number of carbonyl (C=O) groups excluding carboxylic acids is 2. The highest BCUT2D eigenvalue weighted by Crippen LogP contribution is 2.66. The van der Waals surface area contributed by atoms with E-state index in [1.807, 2.05) is 35.2 Å². The van der Waals surface area contributed by atoms with Crippen LogP contribution in [-0.4, -0.2) is 98.7 Å². The third-order valence-corrected chi connectivity index (χ3v) is 14.4. The molecule has 2 N–H and O–H groups in total. The lowest BCUT2D eigenvalue weighted by atomic mass is 9.44. The molecule has 6 fully saturated rings. The van der Waals surface area contributed by atoms with E-state index in [1.54, 1.807) is 11.1 Å². The van der Waals surface area contributed by atoms with Crippen molar-refractivity contribution in [2.45, 2.75) is 102 Å². The van der Waals surface area contributed by atoms with Crippen LogP contribution in [0.15, 0.2) is 36.5 Å². The number of amides is 2. The Morgan fingerprint density at radius 3 is 2.50 bits per heavy atom. The van der Waals surface area contributed by atoms with Crippen molar-refractivity contribution >= 4 is 22.7 Å². The number of aliphatic hydroxyl groups is 2. The summed E-state index contributed by atoms with van der Waals surface area (Å²) in [4.78, 5) is 38.2. The number of fused-ring (bicyclic) bond motifs is 6. The van der Waals surface area contributed by atoms with Gasteiger partial charge in [-0.2, -0.15) is 0 Å². The SMILES string of the molecule is C[C@]12CCC3C(CC[C@H]4C[C@H](O)[C@@H](N5CCN(C(=O)[C@@H]6CCCN6C(=O)c6cnc7ccccc7c6)CC5)C[C@]34C)C1CC[C@@H]2O. The van der Waals surface area contributed by atoms with Gasteiger partial charge in [0.05, 0.1) is 23.3 Å². The Hall–Kier alpha value is -2.55. The van der Waals surface area contributed by atoms with Crippen molar-refractivity contribution < 1.29 is 19.8 Å². The fourth-order valence-electron chi connectivity index (χ4n) is 11.7. The number of nitrogens with zero attached hydrogens (tertiary/aromatic N) is 4. The molecule has 0 spiro atoms. The first-order chi connectivity index (χ1) is 22.2. The number of hydrogen-bond donors (Lipinski definition) is 2. The molecule has 1 aromatic heterocycles. The molecule has 2 aromatic rings. The fraction of sp³-hybridized carbons (Fsp3) is 0.711. The van der Waals surface area contributed by atoms with Crippen molar-refractivity contribution in [3.8, 4) is 0 Å². The molecule has 8 heteroatoms. The van der Waals surface area contributed by atoms with E-state index in [9.17, 15) is 19.8 Å². The predicted octanol–water partition coefficient (Wildman–Crippen LogP) is 4.73. The minimum Gasteiger partial charge on any atom is -0.393 e. The smallest absolute Gasteiger partial charge is 0.256 e. The number of piperazine rings is 1. The summed E-state index contributed by atoms with van der Waals surface area (Å²) in [6.07, 6.45) is 11.6. The van der Waals surface area contributed by atoms with Gasteiger partial charge < -0.3 is 20.0 Å². The summed E-state index contributed by atoms with van der Waals surface area (Å²) in [5.74, 6) is 2.54. The molecule has 0 radical (unpaired) electrons. The zero-order valence-corrected chi connectivity index (χ0v) is 27.7. The molecule has 3 unspecified atom stereocenters. The molecule has 8 rings (SSSR count). The number of para-hydroxylation sites is 1. The molecule has 248 valence electrons. The van der Waals surface area contributed by atoms with Gasteiger partial charge in [-0.15, -0.1) is 0 Å². The van der Waals surface area contributed by atoms with Gasteiger partial charge in [0, 0.05) is 50.3 Å². The summed E-state index contributed by atoms with van der Waals surface area (Å²) in [7, 11) is 0. The summed E-state index contributed by atoms with van der Waals surface area (Å²) in [5, 5.41) is 23.3. The molecule has 3 heterocycles. The van der Waals surface area contributed by atoms with Crippen molar-refractivity contribution in [3.05, 3.63) is 42.1 Å². The molecule has 2 aliphatic heterocycles. The minimum atomic E-state index is -0.421. The van der Waals surface area contributed by atoms with E-state index in [0.717, 1.165) is 56.1 Å². The number of pyridine rings is 1. The van der Waals surface area contributed by atoms with Crippen molar-refractivity contribution in [1.82, 2.24) is 19.7 Å². The van der Waals surface area contributed by atoms with E-state index in [-0.39, 0.29) is 40.9 Å². The second kappa shape index (κ2) is 11.6. The molecule has 46 heavy (non-hydrogen) atoms. The van der Waals surface area contributed by atoms with Gasteiger partial charge in [0.1, 0.15) is 6.04 Å². The lowest BCUT2D eigenvalue weighted by Gasteiger charge is -2.62. The van der Waals surface area contributed by atoms with Crippen molar-refractivity contribution in [1.29, 1.82) is 0 Å². The van der Waals surface area contributed by atoms with Crippen LogP contribution in [0.1, 0.15) is 88.4 Å². The number of likely N-dealkylation sites (tertiary alicyclic amines) is 1. The average Bonchev–Trinajstić information content (AvgIpc) is 3.68. The molecule has 4 aliphatic carbocycles. The first-order valence-electron chi connectivity index (χ1n) is 18.2. The van der Waals surface area contributed by atoms with Crippen LogP contribution in [0.2, 0.25) is 0 Å². The monoisotopic (exact) mass is 628 g/mol. The van der Waals surface area contributed by atoms with Crippen LogP contribution in [0, 0.1) is 34.5 Å². The van der Waals surface area contributed by atoms with Gasteiger partial charge in [-0.1, -0.05) is 32.0 Å². The van der Waals surface area contributed by atoms with E-state index < -0.39 is 6.04 Å². The van der Waals surface area contributed by atoms with Crippen molar-refractivity contribution in [2.24, 2.45) is 34.5 Å². The van der Waals surface area contributed by atoms with Crippen LogP contribution >= 0.6 is 0 Å². The second-order valence-corrected chi connectivity index (χ2v) is 16.3. The Balaban J connectivity index is 0.922. The molecular weight excluding hydrogens is 576 g/mol. The lowest BCUT2D eigenvalue weighted by molar-refractivity contribution is -0.157. The topological polar surface area (TPSA) is 97.2 Å². The minimum absolute atomic E-state index is 0.0644. The van der Waals surface area contributed by atoms with E-state index >= 15 is 0 Å². The highest BCUT2D eigenvalue weighted by Gasteiger charge is 2.61. The first kappa shape index (κ1) is 30.8. The van der Waals surface area contributed by atoms with Gasteiger partial charge in [-0.25, -0.2) is 0 Å². The number of carbonyl (C=O) groups is 2. The summed E-state index contributed by atoms with van der Waals surface area (Å²) in [6, 6.07) is 9.39. The molecule has 8 nitrogen and oxygen atoms in total. The maximum atomic E-state index is 13.9. The first-order valence-corrected chi connectivity index (χ1v) is 18.2. The van der Waals surface area contributed by atoms with Crippen molar-refractivity contribution in [2.75, 3.05) is 32.7 Å². The molecular formula is C38H52N4O4. The van der Waals surface area contributed by atoms with Crippen LogP contribution in [0.5, 0.6) is 0 Å². The van der Waals surface area contributed by atoms with E-state index in [1.165, 1.54) is 25.7 Å². The van der Waals surface area contributed by atoms with Gasteiger partial charge in [-0.3, -0.25) is 19.5 Å². The van der Waals surface area contributed by atoms with E-state index in [4.69, 9.17) is 0 Å². The van der Waals surface area contributed by atoms with E-state index in [0.29, 0.717) is 55.3 Å². The molecule has 10 atom stereocenters. The number of hydrogen-bond acceptors (Lipinski definition) is 6. The summed E-state index contributed by atoms with van der Waals surface area (Å²) >= 11 is 0. The van der Waals surface area contributed by atoms with Gasteiger partial charge in [-0.05, 0) is 111 Å². The molecule has 4 saturated carbocycles. The maximum Gasteiger partial charge on any atom is 0.256 e. The Kier molecular flexibility index (Phi) is 7.73. The third-order valence-electron chi connectivity index (χ3n) is 14.4. The highest BCUT2D eigenvalue weighted by atomic mass is 16.3. The third kappa shape index (κ3) is 4.83. The molecule has 2 saturated heterocycles. The van der Waals surface area contributed by atoms with Crippen LogP contribution in [0.3, 0.4) is 0 Å². The number of aliphatic hydroxyl groups excluding tert-OH is 2. The molecule has 2 amide bonds. The number of aromatic nitrogens is 1. The zero-order valence-electron chi connectivity index (χ0n) is 27.7. The summed E-state index contributed by atoms with van der Waals surface area (Å²) < 4.78 is 0. The Morgan fingerprint density at radius 2 is 1.67 bits per heavy atom. The Labute approximate surface area is 273 Å². The fourth-order valence-corrected chi connectivity index (χ4v) is 11.7. The Bertz CT molecular complexity index is 1490. The predicted molar refractivity (Wildman–Crippen MR) is 177 cm³/mol. The normalized spacial score (nSPS) is 41.2. The molecule has 0 bridgehead atoms. The quantitative estimate of drug-likeness (QED) is 0.511. The summed E-state index contributed by atoms with van der Waals surface area (Å²) in [5.41, 5.74) is 1.71. The van der Waals surface area contributed by atoms with Gasteiger partial charge in [0.15, 0.2) is 0 Å². The van der Waals surface area contributed by atoms with E-state index in [2.05, 4.69) is 23.7 Å². The zero-order chi connectivity index (χ0) is 31.8.